The molecule has 26 heavy (non-hydrogen) atoms. The van der Waals surface area contributed by atoms with Crippen LogP contribution in [0.2, 0.25) is 0 Å². The predicted molar refractivity (Wildman–Crippen MR) is 84.1 cm³/mol. The van der Waals surface area contributed by atoms with Gasteiger partial charge >= 0.3 is 17.5 Å². The maximum atomic E-state index is 9.90. The highest BCUT2D eigenvalue weighted by molar-refractivity contribution is 8.02. The molecular weight excluding hydrogens is 374 g/mol. The Balaban J connectivity index is 1.73. The zero-order valence-electron chi connectivity index (χ0n) is 13.6. The Kier molecular flexibility index (Phi) is 5.14. The van der Waals surface area contributed by atoms with Gasteiger partial charge < -0.3 is 44.8 Å². The predicted octanol–water partition coefficient (Wildman–Crippen LogP) is -1.16. The molecule has 3 aliphatic heterocycles. The molecule has 0 saturated carbocycles. The monoisotopic (exact) mass is 394 g/mol. The molecule has 6 N–H and O–H groups in total. The number of rotatable bonds is 6. The Morgan fingerprint density at radius 2 is 1.58 bits per heavy atom. The zero-order valence-corrected chi connectivity index (χ0v) is 14.4. The summed E-state index contributed by atoms with van der Waals surface area (Å²) in [6.45, 7) is -1.05. The summed E-state index contributed by atoms with van der Waals surface area (Å²) in [5, 5.41) is 59.1. The highest BCUT2D eigenvalue weighted by Crippen LogP contribution is 2.39. The Morgan fingerprint density at radius 3 is 2.12 bits per heavy atom. The van der Waals surface area contributed by atoms with Crippen LogP contribution in [0.1, 0.15) is 0 Å². The van der Waals surface area contributed by atoms with Gasteiger partial charge in [-0.15, -0.1) is 0 Å². The van der Waals surface area contributed by atoms with E-state index in [0.29, 0.717) is 0 Å². The van der Waals surface area contributed by atoms with E-state index >= 15 is 0 Å². The van der Waals surface area contributed by atoms with Gasteiger partial charge in [0.05, 0.1) is 13.2 Å². The van der Waals surface area contributed by atoms with E-state index in [1.165, 1.54) is 7.05 Å². The number of thioether (sulfide) groups is 1. The van der Waals surface area contributed by atoms with Crippen LogP contribution in [0, 0.1) is 0 Å². The first kappa shape index (κ1) is 18.9. The van der Waals surface area contributed by atoms with Crippen molar-refractivity contribution in [3.8, 4) is 0 Å². The minimum atomic E-state index is -1.43. The van der Waals surface area contributed by atoms with Crippen LogP contribution in [0.4, 0.5) is 0 Å². The van der Waals surface area contributed by atoms with Gasteiger partial charge in [0.15, 0.2) is 24.4 Å². The molecule has 3 aliphatic rings. The van der Waals surface area contributed by atoms with Crippen LogP contribution < -0.4 is 0 Å². The standard InChI is InChI=1S/C14H19NO10S/c1-15(25-13-11(21)9(19)7(5-17)23-13)2-3-26-14(15)24-12-10(20)8(18)6(4-16)22-12/h2-3,6-9,14,16-19H,4-5H2,1H3,(H-,20,21)/p+1/t6-,7-,8+,9+,14?,15?/m1/s1. The SMILES string of the molecule is C[N+]1(OC2=C(O)[C@@H](O)[C@@H](CO)O2)C=CSC1OC1=C(O)[C@@H](O)[C@@H](CO)O1. The lowest BCUT2D eigenvalue weighted by molar-refractivity contribution is -1.07. The molecule has 11 nitrogen and oxygen atoms in total. The van der Waals surface area contributed by atoms with E-state index in [2.05, 4.69) is 0 Å². The first-order valence-electron chi connectivity index (χ1n) is 7.63. The lowest BCUT2D eigenvalue weighted by atomic mass is 10.2. The van der Waals surface area contributed by atoms with Gasteiger partial charge in [-0.05, 0) is 11.8 Å². The van der Waals surface area contributed by atoms with E-state index in [4.69, 9.17) is 29.3 Å². The number of hydrogen-bond donors (Lipinski definition) is 6. The first-order valence-corrected chi connectivity index (χ1v) is 8.57. The summed E-state index contributed by atoms with van der Waals surface area (Å²) in [5.74, 6) is -1.86. The van der Waals surface area contributed by atoms with E-state index in [1.807, 2.05) is 0 Å². The largest absolute Gasteiger partial charge is 0.504 e. The maximum Gasteiger partial charge on any atom is 0.384 e. The Morgan fingerprint density at radius 1 is 1.04 bits per heavy atom. The summed E-state index contributed by atoms with van der Waals surface area (Å²) in [6.07, 6.45) is -3.40. The number of aliphatic hydroxyl groups is 6. The molecule has 0 amide bonds. The fraction of sp³-hybridized carbons (Fsp3) is 0.571. The second-order valence-corrected chi connectivity index (χ2v) is 6.86. The first-order chi connectivity index (χ1) is 12.3. The molecule has 146 valence electrons. The molecule has 0 radical (unpaired) electrons. The fourth-order valence-corrected chi connectivity index (χ4v) is 3.38. The molecule has 0 aromatic rings. The lowest BCUT2D eigenvalue weighted by Crippen LogP contribution is -2.45. The van der Waals surface area contributed by atoms with Gasteiger partial charge in [-0.2, -0.15) is 0 Å². The molecule has 0 aromatic heterocycles. The summed E-state index contributed by atoms with van der Waals surface area (Å²) in [6, 6.07) is 0. The van der Waals surface area contributed by atoms with Crippen molar-refractivity contribution in [3.05, 3.63) is 35.0 Å². The second-order valence-electron chi connectivity index (χ2n) is 5.91. The van der Waals surface area contributed by atoms with Crippen molar-refractivity contribution in [2.75, 3.05) is 20.3 Å². The summed E-state index contributed by atoms with van der Waals surface area (Å²) in [4.78, 5) is 5.58. The zero-order chi connectivity index (χ0) is 19.1. The molecule has 0 bridgehead atoms. The molecule has 2 unspecified atom stereocenters. The third-order valence-corrected chi connectivity index (χ3v) is 5.04. The molecule has 3 rings (SSSR count). The van der Waals surface area contributed by atoms with Crippen molar-refractivity contribution in [3.63, 3.8) is 0 Å². The van der Waals surface area contributed by atoms with Crippen LogP contribution >= 0.6 is 11.8 Å². The number of ether oxygens (including phenoxy) is 3. The van der Waals surface area contributed by atoms with Crippen molar-refractivity contribution in [1.29, 1.82) is 0 Å². The highest BCUT2D eigenvalue weighted by Gasteiger charge is 2.49. The third kappa shape index (κ3) is 3.15. The van der Waals surface area contributed by atoms with Crippen molar-refractivity contribution in [2.45, 2.75) is 30.0 Å². The number of quaternary nitrogens is 1. The van der Waals surface area contributed by atoms with E-state index in [0.717, 1.165) is 11.8 Å². The average Bonchev–Trinajstić information content (AvgIpc) is 3.20. The molecule has 12 heteroatoms. The van der Waals surface area contributed by atoms with Gasteiger partial charge in [0.2, 0.25) is 11.5 Å². The Hall–Kier alpha value is -1.83. The molecule has 0 aliphatic carbocycles. The van der Waals surface area contributed by atoms with Crippen LogP contribution in [0.5, 0.6) is 0 Å². The fourth-order valence-electron chi connectivity index (χ4n) is 2.44. The second kappa shape index (κ2) is 7.06. The molecule has 0 aromatic carbocycles. The van der Waals surface area contributed by atoms with Gasteiger partial charge in [0.1, 0.15) is 13.2 Å². The van der Waals surface area contributed by atoms with Gasteiger partial charge in [0, 0.05) is 5.41 Å². The van der Waals surface area contributed by atoms with Crippen LogP contribution in [0.3, 0.4) is 0 Å². The van der Waals surface area contributed by atoms with Crippen molar-refractivity contribution < 1.29 is 54.3 Å². The number of hydroxylamine groups is 3. The highest BCUT2D eigenvalue weighted by atomic mass is 32.2. The van der Waals surface area contributed by atoms with E-state index in [1.54, 1.807) is 11.6 Å². The van der Waals surface area contributed by atoms with Crippen molar-refractivity contribution in [1.82, 2.24) is 0 Å². The van der Waals surface area contributed by atoms with E-state index in [9.17, 15) is 20.4 Å². The summed E-state index contributed by atoms with van der Waals surface area (Å²) in [7, 11) is 1.54. The third-order valence-electron chi connectivity index (χ3n) is 4.02. The number of hydrogen-bond acceptors (Lipinski definition) is 11. The summed E-state index contributed by atoms with van der Waals surface area (Å²) < 4.78 is 15.5. The molecule has 0 saturated heterocycles. The topological polar surface area (TPSA) is 158 Å². The molecule has 0 fully saturated rings. The number of aliphatic hydroxyl groups excluding tert-OH is 6. The van der Waals surface area contributed by atoms with E-state index in [-0.39, 0.29) is 11.9 Å². The summed E-state index contributed by atoms with van der Waals surface area (Å²) in [5.41, 5.74) is -0.869. The van der Waals surface area contributed by atoms with Crippen LogP contribution in [-0.4, -0.2) is 85.5 Å². The maximum absolute atomic E-state index is 9.90. The lowest BCUT2D eigenvalue weighted by Gasteiger charge is -2.29. The quantitative estimate of drug-likeness (QED) is 0.302. The van der Waals surface area contributed by atoms with Gasteiger partial charge in [0.25, 0.3) is 0 Å². The molecule has 3 heterocycles. The summed E-state index contributed by atoms with van der Waals surface area (Å²) >= 11 is 1.14. The molecular formula is C14H20NO10S+. The average molecular weight is 394 g/mol. The van der Waals surface area contributed by atoms with Gasteiger partial charge in [-0.3, -0.25) is 4.84 Å². The number of nitrogens with zero attached hydrogens (tertiary/aromatic N) is 1. The molecule has 6 atom stereocenters. The van der Waals surface area contributed by atoms with Crippen molar-refractivity contribution >= 4 is 11.8 Å². The normalized spacial score (nSPS) is 39.3. The Labute approximate surface area is 152 Å². The van der Waals surface area contributed by atoms with Gasteiger partial charge in [-0.25, -0.2) is 0 Å². The minimum absolute atomic E-state index is 0.357. The Bertz CT molecular complexity index is 652. The van der Waals surface area contributed by atoms with Crippen molar-refractivity contribution in [2.24, 2.45) is 0 Å². The van der Waals surface area contributed by atoms with Crippen LogP contribution in [-0.2, 0) is 19.0 Å². The molecule has 0 spiro atoms. The smallest absolute Gasteiger partial charge is 0.384 e. The van der Waals surface area contributed by atoms with Gasteiger partial charge in [-0.1, -0.05) is 4.65 Å². The van der Waals surface area contributed by atoms with Crippen LogP contribution in [0.25, 0.3) is 0 Å². The van der Waals surface area contributed by atoms with E-state index < -0.39 is 59.4 Å². The minimum Gasteiger partial charge on any atom is -0.504 e. The van der Waals surface area contributed by atoms with Crippen LogP contribution in [0.15, 0.2) is 35.0 Å².